The van der Waals surface area contributed by atoms with E-state index in [1.54, 1.807) is 35.2 Å². The van der Waals surface area contributed by atoms with Crippen molar-refractivity contribution in [2.45, 2.75) is 38.1 Å². The second-order valence-electron chi connectivity index (χ2n) is 6.37. The molecule has 27 heavy (non-hydrogen) atoms. The van der Waals surface area contributed by atoms with Gasteiger partial charge >= 0.3 is 0 Å². The van der Waals surface area contributed by atoms with Crippen molar-refractivity contribution in [1.82, 2.24) is 10.3 Å². The van der Waals surface area contributed by atoms with Crippen LogP contribution in [-0.4, -0.2) is 34.8 Å². The molecule has 1 atom stereocenters. The van der Waals surface area contributed by atoms with Crippen molar-refractivity contribution in [2.75, 3.05) is 17.3 Å². The molecule has 3 rings (SSSR count). The van der Waals surface area contributed by atoms with Crippen molar-refractivity contribution in [3.8, 4) is 0 Å². The Hall–Kier alpha value is -1.38. The number of halogens is 1. The fourth-order valence-electron chi connectivity index (χ4n) is 2.98. The summed E-state index contributed by atoms with van der Waals surface area (Å²) >= 11 is 6.59. The average molecular weight is 468 g/mol. The molecule has 2 amide bonds. The third kappa shape index (κ3) is 5.33. The largest absolute Gasteiger partial charge is 0.340 e. The van der Waals surface area contributed by atoms with Crippen LogP contribution in [0.5, 0.6) is 0 Å². The first-order valence-corrected chi connectivity index (χ1v) is 11.9. The minimum atomic E-state index is -0.599. The van der Waals surface area contributed by atoms with Crippen LogP contribution in [0.4, 0.5) is 5.13 Å². The van der Waals surface area contributed by atoms with Crippen LogP contribution >= 0.6 is 39.0 Å². The predicted molar refractivity (Wildman–Crippen MR) is 116 cm³/mol. The normalized spacial score (nSPS) is 14.3. The van der Waals surface area contributed by atoms with Gasteiger partial charge in [-0.25, -0.2) is 4.98 Å². The molecule has 1 unspecified atom stereocenters. The summed E-state index contributed by atoms with van der Waals surface area (Å²) in [6.07, 6.45) is 6.91. The lowest BCUT2D eigenvalue weighted by atomic mass is 10.0. The average Bonchev–Trinajstić information content (AvgIpc) is 3.07. The lowest BCUT2D eigenvalue weighted by Crippen LogP contribution is -2.44. The molecule has 0 saturated carbocycles. The highest BCUT2D eigenvalue weighted by atomic mass is 79.9. The van der Waals surface area contributed by atoms with E-state index in [1.807, 2.05) is 18.4 Å². The van der Waals surface area contributed by atoms with E-state index in [0.717, 1.165) is 30.7 Å². The Bertz CT molecular complexity index is 802. The summed E-state index contributed by atoms with van der Waals surface area (Å²) in [5.41, 5.74) is 1.63. The molecule has 0 fully saturated rings. The number of nitrogens with one attached hydrogen (secondary N) is 2. The zero-order valence-corrected chi connectivity index (χ0v) is 18.3. The molecule has 0 aliphatic heterocycles. The zero-order chi connectivity index (χ0) is 19.2. The Labute approximate surface area is 175 Å². The molecule has 1 aromatic heterocycles. The zero-order valence-electron chi connectivity index (χ0n) is 15.1. The van der Waals surface area contributed by atoms with Crippen molar-refractivity contribution < 1.29 is 9.59 Å². The van der Waals surface area contributed by atoms with Crippen LogP contribution in [0.2, 0.25) is 0 Å². The van der Waals surface area contributed by atoms with E-state index in [-0.39, 0.29) is 11.8 Å². The highest BCUT2D eigenvalue weighted by Crippen LogP contribution is 2.29. The Morgan fingerprint density at radius 3 is 2.81 bits per heavy atom. The van der Waals surface area contributed by atoms with Crippen LogP contribution in [0, 0.1) is 0 Å². The summed E-state index contributed by atoms with van der Waals surface area (Å²) in [5.74, 6) is 0.306. The first-order valence-electron chi connectivity index (χ1n) is 8.92. The van der Waals surface area contributed by atoms with Gasteiger partial charge in [0.25, 0.3) is 5.91 Å². The van der Waals surface area contributed by atoms with Gasteiger partial charge in [0.05, 0.1) is 11.3 Å². The van der Waals surface area contributed by atoms with Gasteiger partial charge in [-0.1, -0.05) is 12.1 Å². The Kier molecular flexibility index (Phi) is 7.32. The summed E-state index contributed by atoms with van der Waals surface area (Å²) in [5, 5.41) is 6.42. The maximum Gasteiger partial charge on any atom is 0.253 e. The van der Waals surface area contributed by atoms with Crippen molar-refractivity contribution in [2.24, 2.45) is 0 Å². The number of carbonyl (C=O) groups is 2. The van der Waals surface area contributed by atoms with E-state index in [2.05, 4.69) is 31.5 Å². The highest BCUT2D eigenvalue weighted by Gasteiger charge is 2.24. The highest BCUT2D eigenvalue weighted by molar-refractivity contribution is 9.10. The molecule has 1 aliphatic carbocycles. The number of thiazole rings is 1. The summed E-state index contributed by atoms with van der Waals surface area (Å²) in [4.78, 5) is 31.3. The number of benzene rings is 1. The number of aromatic nitrogens is 1. The molecular weight excluding hydrogens is 446 g/mol. The van der Waals surface area contributed by atoms with Crippen LogP contribution < -0.4 is 10.6 Å². The van der Waals surface area contributed by atoms with Gasteiger partial charge in [0.15, 0.2) is 5.13 Å². The number of fused-ring (bicyclic) bond motifs is 1. The van der Waals surface area contributed by atoms with E-state index < -0.39 is 6.04 Å². The smallest absolute Gasteiger partial charge is 0.253 e. The van der Waals surface area contributed by atoms with Crippen LogP contribution in [0.3, 0.4) is 0 Å². The molecular formula is C19H22BrN3O2S2. The molecule has 144 valence electrons. The van der Waals surface area contributed by atoms with Crippen LogP contribution in [0.15, 0.2) is 28.7 Å². The van der Waals surface area contributed by atoms with Gasteiger partial charge in [-0.15, -0.1) is 11.3 Å². The summed E-state index contributed by atoms with van der Waals surface area (Å²) in [6.45, 7) is 0. The van der Waals surface area contributed by atoms with Crippen LogP contribution in [0.1, 0.15) is 40.2 Å². The monoisotopic (exact) mass is 467 g/mol. The topological polar surface area (TPSA) is 71.1 Å². The maximum absolute atomic E-state index is 12.8. The van der Waals surface area contributed by atoms with Gasteiger partial charge in [0.2, 0.25) is 5.91 Å². The van der Waals surface area contributed by atoms with Crippen LogP contribution in [0.25, 0.3) is 0 Å². The molecule has 2 N–H and O–H groups in total. The number of aryl methyl sites for hydroxylation is 2. The molecule has 0 spiro atoms. The molecule has 0 radical (unpaired) electrons. The number of thioether (sulfide) groups is 1. The van der Waals surface area contributed by atoms with Crippen molar-refractivity contribution in [3.63, 3.8) is 0 Å². The SMILES string of the molecule is CSCCC(NC(=O)c1ccccc1Br)C(=O)Nc1nc2c(s1)CCCC2. The first kappa shape index (κ1) is 20.4. The van der Waals surface area contributed by atoms with Gasteiger partial charge < -0.3 is 10.6 Å². The third-order valence-corrected chi connectivity index (χ3v) is 6.84. The molecule has 5 nitrogen and oxygen atoms in total. The Morgan fingerprint density at radius 1 is 1.30 bits per heavy atom. The molecule has 1 aromatic carbocycles. The van der Waals surface area contributed by atoms with Gasteiger partial charge in [0, 0.05) is 9.35 Å². The van der Waals surface area contributed by atoms with Gasteiger partial charge in [-0.3, -0.25) is 9.59 Å². The lowest BCUT2D eigenvalue weighted by molar-refractivity contribution is -0.118. The van der Waals surface area contributed by atoms with E-state index in [0.29, 0.717) is 21.6 Å². The predicted octanol–water partition coefficient (Wildman–Crippen LogP) is 4.27. The minimum Gasteiger partial charge on any atom is -0.340 e. The minimum absolute atomic E-state index is 0.212. The standard InChI is InChI=1S/C19H22BrN3O2S2/c1-26-11-10-15(21-17(24)12-6-2-3-7-13(12)20)18(25)23-19-22-14-8-4-5-9-16(14)27-19/h2-3,6-7,15H,4-5,8-11H2,1H3,(H,21,24)(H,22,23,25). The number of hydrogen-bond donors (Lipinski definition) is 2. The van der Waals surface area contributed by atoms with Gasteiger partial charge in [-0.2, -0.15) is 11.8 Å². The molecule has 1 heterocycles. The van der Waals surface area contributed by atoms with Gasteiger partial charge in [0.1, 0.15) is 6.04 Å². The van der Waals surface area contributed by atoms with Crippen molar-refractivity contribution in [1.29, 1.82) is 0 Å². The van der Waals surface area contributed by atoms with E-state index in [9.17, 15) is 9.59 Å². The Morgan fingerprint density at radius 2 is 2.07 bits per heavy atom. The quantitative estimate of drug-likeness (QED) is 0.637. The van der Waals surface area contributed by atoms with Crippen molar-refractivity contribution in [3.05, 3.63) is 44.9 Å². The molecule has 8 heteroatoms. The van der Waals surface area contributed by atoms with E-state index in [1.165, 1.54) is 11.3 Å². The maximum atomic E-state index is 12.8. The molecule has 1 aliphatic rings. The molecule has 0 bridgehead atoms. The number of hydrogen-bond acceptors (Lipinski definition) is 5. The summed E-state index contributed by atoms with van der Waals surface area (Å²) in [6, 6.07) is 6.60. The number of amides is 2. The number of carbonyl (C=O) groups excluding carboxylic acids is 2. The second kappa shape index (κ2) is 9.71. The van der Waals surface area contributed by atoms with E-state index in [4.69, 9.17) is 0 Å². The summed E-state index contributed by atoms with van der Waals surface area (Å²) in [7, 11) is 0. The Balaban J connectivity index is 1.69. The first-order chi connectivity index (χ1) is 13.1. The number of rotatable bonds is 7. The summed E-state index contributed by atoms with van der Waals surface area (Å²) < 4.78 is 0.708. The molecule has 2 aromatic rings. The fourth-order valence-corrected chi connectivity index (χ4v) is 4.97. The van der Waals surface area contributed by atoms with Gasteiger partial charge in [-0.05, 0) is 72.2 Å². The number of nitrogens with zero attached hydrogens (tertiary/aromatic N) is 1. The second-order valence-corrected chi connectivity index (χ2v) is 9.30. The third-order valence-electron chi connectivity index (χ3n) is 4.43. The van der Waals surface area contributed by atoms with Crippen molar-refractivity contribution >= 4 is 56.0 Å². The van der Waals surface area contributed by atoms with Crippen LogP contribution in [-0.2, 0) is 17.6 Å². The van der Waals surface area contributed by atoms with E-state index >= 15 is 0 Å². The fraction of sp³-hybridized carbons (Fsp3) is 0.421. The lowest BCUT2D eigenvalue weighted by Gasteiger charge is -2.18. The number of anilines is 1. The molecule has 0 saturated heterocycles.